The number of hydrogen-bond acceptors (Lipinski definition) is 2. The zero-order valence-corrected chi connectivity index (χ0v) is 9.29. The van der Waals surface area contributed by atoms with Gasteiger partial charge in [-0.1, -0.05) is 20.8 Å². The number of amides is 1. The Morgan fingerprint density at radius 2 is 2.00 bits per heavy atom. The molecule has 0 spiro atoms. The first-order valence-electron chi connectivity index (χ1n) is 5.46. The molecule has 3 atom stereocenters. The van der Waals surface area contributed by atoms with E-state index < -0.39 is 0 Å². The van der Waals surface area contributed by atoms with Crippen LogP contribution in [0.1, 0.15) is 27.2 Å². The first-order chi connectivity index (χ1) is 6.42. The fraction of sp³-hybridized carbons (Fsp3) is 0.909. The first kappa shape index (κ1) is 9.97. The third-order valence-electron chi connectivity index (χ3n) is 3.79. The molecule has 2 aliphatic rings. The molecule has 1 amide bonds. The molecule has 1 heterocycles. The number of nitrogens with two attached hydrogens (primary N) is 1. The van der Waals surface area contributed by atoms with Gasteiger partial charge in [0.15, 0.2) is 0 Å². The Labute approximate surface area is 85.6 Å². The van der Waals surface area contributed by atoms with E-state index in [1.165, 1.54) is 0 Å². The van der Waals surface area contributed by atoms with Crippen molar-refractivity contribution in [3.8, 4) is 0 Å². The van der Waals surface area contributed by atoms with Crippen LogP contribution in [0.3, 0.4) is 0 Å². The van der Waals surface area contributed by atoms with Gasteiger partial charge < -0.3 is 10.6 Å². The molecule has 1 saturated carbocycles. The van der Waals surface area contributed by atoms with E-state index in [1.807, 2.05) is 4.90 Å². The summed E-state index contributed by atoms with van der Waals surface area (Å²) in [5.74, 6) is 1.05. The molecule has 3 nitrogen and oxygen atoms in total. The van der Waals surface area contributed by atoms with Crippen molar-refractivity contribution in [1.29, 1.82) is 0 Å². The van der Waals surface area contributed by atoms with Crippen LogP contribution in [0, 0.1) is 17.3 Å². The second-order valence-corrected chi connectivity index (χ2v) is 5.63. The molecule has 0 aromatic heterocycles. The summed E-state index contributed by atoms with van der Waals surface area (Å²) in [6, 6.07) is 0.181. The minimum Gasteiger partial charge on any atom is -0.341 e. The predicted molar refractivity (Wildman–Crippen MR) is 55.6 cm³/mol. The SMILES string of the molecule is CC1CN(C(=O)C2CC2(C)C)CC1N. The lowest BCUT2D eigenvalue weighted by atomic mass is 10.1. The summed E-state index contributed by atoms with van der Waals surface area (Å²) in [5, 5.41) is 0. The number of hydrogen-bond donors (Lipinski definition) is 1. The van der Waals surface area contributed by atoms with E-state index in [-0.39, 0.29) is 17.4 Å². The Morgan fingerprint density at radius 1 is 1.43 bits per heavy atom. The summed E-state index contributed by atoms with van der Waals surface area (Å²) in [4.78, 5) is 13.9. The molecule has 2 fully saturated rings. The van der Waals surface area contributed by atoms with Gasteiger partial charge in [0.05, 0.1) is 0 Å². The summed E-state index contributed by atoms with van der Waals surface area (Å²) in [5.41, 5.74) is 6.14. The molecule has 14 heavy (non-hydrogen) atoms. The maximum Gasteiger partial charge on any atom is 0.226 e. The molecule has 2 rings (SSSR count). The fourth-order valence-electron chi connectivity index (χ4n) is 2.28. The van der Waals surface area contributed by atoms with Crippen LogP contribution < -0.4 is 5.73 Å². The Balaban J connectivity index is 1.95. The van der Waals surface area contributed by atoms with Crippen molar-refractivity contribution in [3.05, 3.63) is 0 Å². The highest BCUT2D eigenvalue weighted by Gasteiger charge is 2.52. The van der Waals surface area contributed by atoms with Gasteiger partial charge in [-0.3, -0.25) is 4.79 Å². The summed E-state index contributed by atoms with van der Waals surface area (Å²) in [7, 11) is 0. The van der Waals surface area contributed by atoms with E-state index >= 15 is 0 Å². The highest BCUT2D eigenvalue weighted by atomic mass is 16.2. The van der Waals surface area contributed by atoms with E-state index in [1.54, 1.807) is 0 Å². The molecular formula is C11H20N2O. The number of carbonyl (C=O) groups excluding carboxylic acids is 1. The minimum absolute atomic E-state index is 0.181. The largest absolute Gasteiger partial charge is 0.341 e. The average Bonchev–Trinajstić information content (AvgIpc) is 2.59. The van der Waals surface area contributed by atoms with Crippen molar-refractivity contribution in [2.24, 2.45) is 23.0 Å². The van der Waals surface area contributed by atoms with Gasteiger partial charge in [0.2, 0.25) is 5.91 Å². The van der Waals surface area contributed by atoms with Crippen LogP contribution in [-0.2, 0) is 4.79 Å². The molecule has 0 aromatic rings. The van der Waals surface area contributed by atoms with E-state index in [2.05, 4.69) is 20.8 Å². The fourth-order valence-corrected chi connectivity index (χ4v) is 2.28. The second-order valence-electron chi connectivity index (χ2n) is 5.63. The van der Waals surface area contributed by atoms with Crippen LogP contribution in [-0.4, -0.2) is 29.9 Å². The number of likely N-dealkylation sites (tertiary alicyclic amines) is 1. The molecular weight excluding hydrogens is 176 g/mol. The van der Waals surface area contributed by atoms with Crippen molar-refractivity contribution in [2.75, 3.05) is 13.1 Å². The molecule has 1 aliphatic carbocycles. The molecule has 0 radical (unpaired) electrons. The minimum atomic E-state index is 0.181. The topological polar surface area (TPSA) is 46.3 Å². The number of carbonyl (C=O) groups is 1. The lowest BCUT2D eigenvalue weighted by Crippen LogP contribution is -2.33. The second kappa shape index (κ2) is 2.96. The maximum atomic E-state index is 12.0. The highest BCUT2D eigenvalue weighted by Crippen LogP contribution is 2.52. The molecule has 0 aromatic carbocycles. The smallest absolute Gasteiger partial charge is 0.226 e. The van der Waals surface area contributed by atoms with Gasteiger partial charge in [0.25, 0.3) is 0 Å². The number of rotatable bonds is 1. The summed E-state index contributed by atoms with van der Waals surface area (Å²) >= 11 is 0. The Kier molecular flexibility index (Phi) is 2.11. The van der Waals surface area contributed by atoms with Gasteiger partial charge in [-0.2, -0.15) is 0 Å². The van der Waals surface area contributed by atoms with Crippen molar-refractivity contribution in [3.63, 3.8) is 0 Å². The van der Waals surface area contributed by atoms with E-state index in [9.17, 15) is 4.79 Å². The molecule has 3 heteroatoms. The van der Waals surface area contributed by atoms with Gasteiger partial charge >= 0.3 is 0 Å². The lowest BCUT2D eigenvalue weighted by molar-refractivity contribution is -0.132. The third kappa shape index (κ3) is 1.54. The van der Waals surface area contributed by atoms with Crippen LogP contribution in [0.5, 0.6) is 0 Å². The highest BCUT2D eigenvalue weighted by molar-refractivity contribution is 5.82. The Morgan fingerprint density at radius 3 is 2.36 bits per heavy atom. The van der Waals surface area contributed by atoms with Gasteiger partial charge in [0.1, 0.15) is 0 Å². The molecule has 80 valence electrons. The monoisotopic (exact) mass is 196 g/mol. The van der Waals surface area contributed by atoms with Crippen molar-refractivity contribution in [1.82, 2.24) is 4.90 Å². The molecule has 1 aliphatic heterocycles. The van der Waals surface area contributed by atoms with Crippen LogP contribution in [0.2, 0.25) is 0 Å². The van der Waals surface area contributed by atoms with Crippen LogP contribution in [0.25, 0.3) is 0 Å². The average molecular weight is 196 g/mol. The van der Waals surface area contributed by atoms with Crippen molar-refractivity contribution in [2.45, 2.75) is 33.2 Å². The van der Waals surface area contributed by atoms with E-state index in [0.29, 0.717) is 11.8 Å². The maximum absolute atomic E-state index is 12.0. The van der Waals surface area contributed by atoms with Crippen LogP contribution >= 0.6 is 0 Å². The van der Waals surface area contributed by atoms with Gasteiger partial charge in [-0.25, -0.2) is 0 Å². The quantitative estimate of drug-likeness (QED) is 0.675. The molecule has 3 unspecified atom stereocenters. The Bertz CT molecular complexity index is 252. The summed E-state index contributed by atoms with van der Waals surface area (Å²) < 4.78 is 0. The normalized spacial score (nSPS) is 40.0. The van der Waals surface area contributed by atoms with E-state index in [0.717, 1.165) is 19.5 Å². The number of nitrogens with zero attached hydrogens (tertiary/aromatic N) is 1. The van der Waals surface area contributed by atoms with Crippen LogP contribution in [0.4, 0.5) is 0 Å². The van der Waals surface area contributed by atoms with Crippen LogP contribution in [0.15, 0.2) is 0 Å². The summed E-state index contributed by atoms with van der Waals surface area (Å²) in [6.45, 7) is 8.05. The van der Waals surface area contributed by atoms with Gasteiger partial charge in [-0.05, 0) is 17.8 Å². The summed E-state index contributed by atoms with van der Waals surface area (Å²) in [6.07, 6.45) is 1.05. The molecule has 0 bridgehead atoms. The molecule has 1 saturated heterocycles. The van der Waals surface area contributed by atoms with Crippen molar-refractivity contribution >= 4 is 5.91 Å². The van der Waals surface area contributed by atoms with Gasteiger partial charge in [-0.15, -0.1) is 0 Å². The van der Waals surface area contributed by atoms with E-state index in [4.69, 9.17) is 5.73 Å². The Hall–Kier alpha value is -0.570. The molecule has 2 N–H and O–H groups in total. The predicted octanol–water partition coefficient (Wildman–Crippen LogP) is 0.838. The zero-order chi connectivity index (χ0) is 10.5. The van der Waals surface area contributed by atoms with Gasteiger partial charge in [0, 0.05) is 25.0 Å². The van der Waals surface area contributed by atoms with Crippen molar-refractivity contribution < 1.29 is 4.79 Å². The third-order valence-corrected chi connectivity index (χ3v) is 3.79. The first-order valence-corrected chi connectivity index (χ1v) is 5.46. The lowest BCUT2D eigenvalue weighted by Gasteiger charge is -2.16. The standard InChI is InChI=1S/C11H20N2O/c1-7-5-13(6-9(7)12)10(14)8-4-11(8,2)3/h7-9H,4-6,12H2,1-3H3. The zero-order valence-electron chi connectivity index (χ0n) is 9.29.